The fourth-order valence-corrected chi connectivity index (χ4v) is 3.91. The van der Waals surface area contributed by atoms with E-state index in [0.29, 0.717) is 18.3 Å². The Bertz CT molecular complexity index is 1110. The summed E-state index contributed by atoms with van der Waals surface area (Å²) in [6, 6.07) is 14.2. The van der Waals surface area contributed by atoms with Gasteiger partial charge in [-0.25, -0.2) is 9.48 Å². The van der Waals surface area contributed by atoms with Gasteiger partial charge in [0.2, 0.25) is 5.69 Å². The molecule has 0 N–H and O–H groups in total. The SMILES string of the molecule is CCOC(=O)c1nnn(Cc2ccc(OC)cc2)c1Oc1ccc2c(c1)CN(C(C)C)CC2. The zero-order valence-corrected chi connectivity index (χ0v) is 19.6. The Balaban J connectivity index is 1.63. The minimum atomic E-state index is -0.558. The maximum Gasteiger partial charge on any atom is 0.364 e. The number of benzene rings is 2. The summed E-state index contributed by atoms with van der Waals surface area (Å²) in [5, 5.41) is 8.24. The van der Waals surface area contributed by atoms with Crippen LogP contribution in [0.15, 0.2) is 42.5 Å². The van der Waals surface area contributed by atoms with Crippen LogP contribution in [-0.2, 0) is 24.2 Å². The topological polar surface area (TPSA) is 78.7 Å². The molecule has 2 heterocycles. The van der Waals surface area contributed by atoms with Crippen LogP contribution in [-0.4, -0.2) is 52.2 Å². The van der Waals surface area contributed by atoms with Gasteiger partial charge in [-0.05, 0) is 68.1 Å². The largest absolute Gasteiger partial charge is 0.497 e. The molecule has 0 atom stereocenters. The Morgan fingerprint density at radius 3 is 2.55 bits per heavy atom. The van der Waals surface area contributed by atoms with E-state index < -0.39 is 5.97 Å². The monoisotopic (exact) mass is 450 g/mol. The smallest absolute Gasteiger partial charge is 0.364 e. The van der Waals surface area contributed by atoms with Crippen molar-refractivity contribution in [3.05, 3.63) is 64.8 Å². The zero-order valence-electron chi connectivity index (χ0n) is 19.6. The Kier molecular flexibility index (Phi) is 6.93. The van der Waals surface area contributed by atoms with Crippen molar-refractivity contribution in [2.45, 2.75) is 46.3 Å². The second-order valence-corrected chi connectivity index (χ2v) is 8.32. The van der Waals surface area contributed by atoms with Crippen molar-refractivity contribution in [3.63, 3.8) is 0 Å². The molecule has 0 amide bonds. The molecular formula is C25H30N4O4. The summed E-state index contributed by atoms with van der Waals surface area (Å²) in [7, 11) is 1.63. The molecule has 0 saturated heterocycles. The summed E-state index contributed by atoms with van der Waals surface area (Å²) in [5.41, 5.74) is 3.60. The number of rotatable bonds is 8. The van der Waals surface area contributed by atoms with E-state index in [1.807, 2.05) is 36.4 Å². The van der Waals surface area contributed by atoms with Crippen LogP contribution in [0.1, 0.15) is 48.0 Å². The molecule has 8 nitrogen and oxygen atoms in total. The first-order valence-corrected chi connectivity index (χ1v) is 11.3. The molecule has 33 heavy (non-hydrogen) atoms. The summed E-state index contributed by atoms with van der Waals surface area (Å²) < 4.78 is 18.2. The average Bonchev–Trinajstić information content (AvgIpc) is 3.21. The summed E-state index contributed by atoms with van der Waals surface area (Å²) in [4.78, 5) is 15.0. The van der Waals surface area contributed by atoms with Crippen LogP contribution in [0.5, 0.6) is 17.4 Å². The summed E-state index contributed by atoms with van der Waals surface area (Å²) in [6.07, 6.45) is 1.01. The maximum absolute atomic E-state index is 12.5. The van der Waals surface area contributed by atoms with Crippen LogP contribution < -0.4 is 9.47 Å². The van der Waals surface area contributed by atoms with E-state index in [9.17, 15) is 4.79 Å². The Hall–Kier alpha value is -3.39. The first-order valence-electron chi connectivity index (χ1n) is 11.3. The number of hydrogen-bond donors (Lipinski definition) is 0. The molecule has 0 spiro atoms. The number of ether oxygens (including phenoxy) is 3. The molecule has 0 saturated carbocycles. The number of carbonyl (C=O) groups is 1. The molecular weight excluding hydrogens is 420 g/mol. The van der Waals surface area contributed by atoms with Crippen LogP contribution in [0.3, 0.4) is 0 Å². The minimum absolute atomic E-state index is 0.0619. The van der Waals surface area contributed by atoms with E-state index in [1.54, 1.807) is 18.7 Å². The number of hydrogen-bond acceptors (Lipinski definition) is 7. The van der Waals surface area contributed by atoms with Crippen LogP contribution >= 0.6 is 0 Å². The van der Waals surface area contributed by atoms with Gasteiger partial charge in [-0.15, -0.1) is 5.10 Å². The van der Waals surface area contributed by atoms with Gasteiger partial charge in [0, 0.05) is 19.1 Å². The molecule has 1 aromatic heterocycles. The van der Waals surface area contributed by atoms with Crippen molar-refractivity contribution in [3.8, 4) is 17.4 Å². The standard InChI is InChI=1S/C25H30N4O4/c1-5-32-25(30)23-24(29(27-26-23)15-18-6-9-21(31-4)10-7-18)33-22-11-8-19-12-13-28(17(2)3)16-20(19)14-22/h6-11,14,17H,5,12-13,15-16H2,1-4H3. The number of methoxy groups -OCH3 is 1. The second-order valence-electron chi connectivity index (χ2n) is 8.32. The minimum Gasteiger partial charge on any atom is -0.497 e. The quantitative estimate of drug-likeness (QED) is 0.479. The van der Waals surface area contributed by atoms with E-state index in [-0.39, 0.29) is 18.2 Å². The van der Waals surface area contributed by atoms with E-state index in [0.717, 1.165) is 30.8 Å². The highest BCUT2D eigenvalue weighted by atomic mass is 16.5. The van der Waals surface area contributed by atoms with Crippen molar-refractivity contribution in [1.29, 1.82) is 0 Å². The molecule has 1 aliphatic heterocycles. The van der Waals surface area contributed by atoms with Crippen LogP contribution in [0.25, 0.3) is 0 Å². The highest BCUT2D eigenvalue weighted by Gasteiger charge is 2.25. The lowest BCUT2D eigenvalue weighted by Crippen LogP contribution is -2.35. The number of aromatic nitrogens is 3. The highest BCUT2D eigenvalue weighted by Crippen LogP contribution is 2.30. The van der Waals surface area contributed by atoms with Gasteiger partial charge in [0.1, 0.15) is 11.5 Å². The van der Waals surface area contributed by atoms with Crippen LogP contribution in [0, 0.1) is 0 Å². The van der Waals surface area contributed by atoms with E-state index >= 15 is 0 Å². The molecule has 0 radical (unpaired) electrons. The lowest BCUT2D eigenvalue weighted by Gasteiger charge is -2.32. The average molecular weight is 451 g/mol. The summed E-state index contributed by atoms with van der Waals surface area (Å²) in [6.45, 7) is 8.73. The van der Waals surface area contributed by atoms with Crippen molar-refractivity contribution < 1.29 is 19.0 Å². The summed E-state index contributed by atoms with van der Waals surface area (Å²) >= 11 is 0. The van der Waals surface area contributed by atoms with Crippen molar-refractivity contribution >= 4 is 5.97 Å². The van der Waals surface area contributed by atoms with Crippen molar-refractivity contribution in [1.82, 2.24) is 19.9 Å². The Morgan fingerprint density at radius 1 is 1.09 bits per heavy atom. The number of carbonyl (C=O) groups excluding carboxylic acids is 1. The van der Waals surface area contributed by atoms with E-state index in [2.05, 4.69) is 35.1 Å². The Labute approximate surface area is 194 Å². The maximum atomic E-state index is 12.5. The van der Waals surface area contributed by atoms with E-state index in [4.69, 9.17) is 14.2 Å². The van der Waals surface area contributed by atoms with Crippen LogP contribution in [0.4, 0.5) is 0 Å². The van der Waals surface area contributed by atoms with Gasteiger partial charge in [-0.2, -0.15) is 0 Å². The summed E-state index contributed by atoms with van der Waals surface area (Å²) in [5.74, 6) is 1.12. The van der Waals surface area contributed by atoms with Crippen molar-refractivity contribution in [2.24, 2.45) is 0 Å². The predicted octanol–water partition coefficient (Wildman–Crippen LogP) is 4.07. The zero-order chi connectivity index (χ0) is 23.4. The number of esters is 1. The molecule has 2 aromatic carbocycles. The van der Waals surface area contributed by atoms with Gasteiger partial charge in [0.25, 0.3) is 5.88 Å². The third kappa shape index (κ3) is 5.17. The van der Waals surface area contributed by atoms with E-state index in [1.165, 1.54) is 11.1 Å². The number of fused-ring (bicyclic) bond motifs is 1. The van der Waals surface area contributed by atoms with Gasteiger partial charge in [0.05, 0.1) is 20.3 Å². The predicted molar refractivity (Wildman–Crippen MR) is 124 cm³/mol. The molecule has 0 fully saturated rings. The third-order valence-corrected chi connectivity index (χ3v) is 5.81. The fraction of sp³-hybridized carbons (Fsp3) is 0.400. The number of nitrogens with zero attached hydrogens (tertiary/aromatic N) is 4. The lowest BCUT2D eigenvalue weighted by atomic mass is 9.98. The molecule has 3 aromatic rings. The molecule has 0 unspecified atom stereocenters. The molecule has 1 aliphatic rings. The van der Waals surface area contributed by atoms with Gasteiger partial charge in [-0.1, -0.05) is 23.4 Å². The first kappa shape index (κ1) is 22.8. The fourth-order valence-electron chi connectivity index (χ4n) is 3.91. The van der Waals surface area contributed by atoms with Gasteiger partial charge in [0.15, 0.2) is 0 Å². The van der Waals surface area contributed by atoms with Crippen molar-refractivity contribution in [2.75, 3.05) is 20.3 Å². The first-order chi connectivity index (χ1) is 16.0. The van der Waals surface area contributed by atoms with Crippen LogP contribution in [0.2, 0.25) is 0 Å². The second kappa shape index (κ2) is 10.0. The molecule has 174 valence electrons. The molecule has 4 rings (SSSR count). The highest BCUT2D eigenvalue weighted by molar-refractivity contribution is 5.89. The lowest BCUT2D eigenvalue weighted by molar-refractivity contribution is 0.0516. The third-order valence-electron chi connectivity index (χ3n) is 5.81. The molecule has 0 bridgehead atoms. The normalized spacial score (nSPS) is 13.6. The molecule has 0 aliphatic carbocycles. The molecule has 8 heteroatoms. The van der Waals surface area contributed by atoms with Gasteiger partial charge in [-0.3, -0.25) is 4.90 Å². The van der Waals surface area contributed by atoms with Gasteiger partial charge >= 0.3 is 5.97 Å². The Morgan fingerprint density at radius 2 is 1.85 bits per heavy atom. The van der Waals surface area contributed by atoms with Gasteiger partial charge < -0.3 is 14.2 Å².